The molecular weight excluding hydrogens is 476 g/mol. The van der Waals surface area contributed by atoms with E-state index >= 15 is 0 Å². The molecule has 0 bridgehead atoms. The van der Waals surface area contributed by atoms with Crippen molar-refractivity contribution in [2.75, 3.05) is 20.3 Å². The number of Topliss-reactive ketones (excluding diaryl/α,β-unsaturated/α-hetero) is 2. The zero-order chi connectivity index (χ0) is 27.3. The number of aryl methyl sites for hydroxylation is 1. The van der Waals surface area contributed by atoms with Crippen LogP contribution in [0, 0.1) is 0 Å². The van der Waals surface area contributed by atoms with Gasteiger partial charge in [0.1, 0.15) is 28.8 Å². The van der Waals surface area contributed by atoms with Crippen LogP contribution in [0.25, 0.3) is 0 Å². The van der Waals surface area contributed by atoms with E-state index < -0.39 is 0 Å². The van der Waals surface area contributed by atoms with Gasteiger partial charge in [0.2, 0.25) is 0 Å². The molecule has 202 valence electrons. The van der Waals surface area contributed by atoms with E-state index in [1.165, 1.54) is 23.6 Å². The Morgan fingerprint density at radius 1 is 0.842 bits per heavy atom. The zero-order valence-corrected chi connectivity index (χ0v) is 23.1. The molecule has 0 aliphatic rings. The molecule has 0 spiro atoms. The molecule has 0 amide bonds. The minimum Gasteiger partial charge on any atom is -0.497 e. The van der Waals surface area contributed by atoms with Crippen molar-refractivity contribution < 1.29 is 23.8 Å². The Kier molecular flexibility index (Phi) is 11.4. The van der Waals surface area contributed by atoms with Gasteiger partial charge >= 0.3 is 0 Å². The highest BCUT2D eigenvalue weighted by molar-refractivity contribution is 6.00. The third-order valence-electron chi connectivity index (χ3n) is 6.54. The molecular formula is C33H40O5. The minimum atomic E-state index is -0.323. The van der Waals surface area contributed by atoms with Gasteiger partial charge in [-0.1, -0.05) is 56.7 Å². The quantitative estimate of drug-likeness (QED) is 0.150. The monoisotopic (exact) mass is 516 g/mol. The van der Waals surface area contributed by atoms with E-state index in [2.05, 4.69) is 37.3 Å². The van der Waals surface area contributed by atoms with Gasteiger partial charge in [0, 0.05) is 5.92 Å². The van der Waals surface area contributed by atoms with Crippen molar-refractivity contribution in [3.05, 3.63) is 89.0 Å². The summed E-state index contributed by atoms with van der Waals surface area (Å²) in [7, 11) is 1.68. The van der Waals surface area contributed by atoms with Crippen LogP contribution in [0.4, 0.5) is 0 Å². The fourth-order valence-electron chi connectivity index (χ4n) is 4.36. The van der Waals surface area contributed by atoms with Crippen LogP contribution in [0.5, 0.6) is 17.2 Å². The SMILES string of the molecule is CCCc1cc(Cc2ccc(OC)cc2)ccc1OCCCCOc1cccc(C(C)C(=O)CC(C)=O)c1. The summed E-state index contributed by atoms with van der Waals surface area (Å²) in [5.74, 6) is 2.07. The standard InChI is InChI=1S/C33H40O5/c1-5-9-29-22-27(21-26-12-15-30(36-4)16-13-26)14-17-33(29)38-19-7-6-18-37-31-11-8-10-28(23-31)25(3)32(35)20-24(2)34/h8,10-17,22-23,25H,5-7,9,18-21H2,1-4H3. The van der Waals surface area contributed by atoms with Gasteiger partial charge < -0.3 is 14.2 Å². The average Bonchev–Trinajstić information content (AvgIpc) is 2.91. The lowest BCUT2D eigenvalue weighted by Gasteiger charge is -2.14. The molecule has 3 aromatic rings. The summed E-state index contributed by atoms with van der Waals surface area (Å²) in [4.78, 5) is 23.5. The smallest absolute Gasteiger partial charge is 0.147 e. The van der Waals surface area contributed by atoms with Crippen molar-refractivity contribution >= 4 is 11.6 Å². The highest BCUT2D eigenvalue weighted by atomic mass is 16.5. The molecule has 0 radical (unpaired) electrons. The molecule has 38 heavy (non-hydrogen) atoms. The summed E-state index contributed by atoms with van der Waals surface area (Å²) in [5.41, 5.74) is 4.65. The Balaban J connectivity index is 1.45. The van der Waals surface area contributed by atoms with Crippen LogP contribution >= 0.6 is 0 Å². The van der Waals surface area contributed by atoms with Gasteiger partial charge in [0.15, 0.2) is 0 Å². The Morgan fingerprint density at radius 2 is 1.55 bits per heavy atom. The summed E-state index contributed by atoms with van der Waals surface area (Å²) < 4.78 is 17.3. The number of rotatable bonds is 16. The van der Waals surface area contributed by atoms with E-state index in [1.54, 1.807) is 7.11 Å². The second kappa shape index (κ2) is 15.0. The highest BCUT2D eigenvalue weighted by Crippen LogP contribution is 2.25. The number of benzene rings is 3. The first-order valence-corrected chi connectivity index (χ1v) is 13.5. The van der Waals surface area contributed by atoms with Crippen LogP contribution in [0.15, 0.2) is 66.7 Å². The van der Waals surface area contributed by atoms with E-state index in [4.69, 9.17) is 14.2 Å². The van der Waals surface area contributed by atoms with Crippen LogP contribution in [-0.2, 0) is 22.4 Å². The molecule has 0 saturated carbocycles. The molecule has 0 N–H and O–H groups in total. The molecule has 0 aromatic heterocycles. The summed E-state index contributed by atoms with van der Waals surface area (Å²) >= 11 is 0. The lowest BCUT2D eigenvalue weighted by atomic mass is 9.94. The number of carbonyl (C=O) groups excluding carboxylic acids is 2. The number of hydrogen-bond donors (Lipinski definition) is 0. The third-order valence-corrected chi connectivity index (χ3v) is 6.54. The van der Waals surface area contributed by atoms with E-state index in [9.17, 15) is 9.59 Å². The molecule has 5 nitrogen and oxygen atoms in total. The van der Waals surface area contributed by atoms with Crippen molar-refractivity contribution in [2.24, 2.45) is 0 Å². The average molecular weight is 517 g/mol. The second-order valence-electron chi connectivity index (χ2n) is 9.76. The lowest BCUT2D eigenvalue weighted by molar-refractivity contribution is -0.126. The second-order valence-corrected chi connectivity index (χ2v) is 9.76. The van der Waals surface area contributed by atoms with Crippen LogP contribution in [0.1, 0.15) is 74.6 Å². The molecule has 0 aliphatic carbocycles. The van der Waals surface area contributed by atoms with Crippen LogP contribution in [0.3, 0.4) is 0 Å². The maximum atomic E-state index is 12.2. The summed E-state index contributed by atoms with van der Waals surface area (Å²) in [5, 5.41) is 0. The predicted octanol–water partition coefficient (Wildman–Crippen LogP) is 7.13. The van der Waals surface area contributed by atoms with Crippen LogP contribution in [-0.4, -0.2) is 31.9 Å². The lowest BCUT2D eigenvalue weighted by Crippen LogP contribution is -2.12. The number of ether oxygens (including phenoxy) is 3. The van der Waals surface area contributed by atoms with Crippen molar-refractivity contribution in [1.29, 1.82) is 0 Å². The van der Waals surface area contributed by atoms with Gasteiger partial charge in [-0.25, -0.2) is 0 Å². The van der Waals surface area contributed by atoms with Gasteiger partial charge in [-0.3, -0.25) is 9.59 Å². The Hall–Kier alpha value is -3.60. The highest BCUT2D eigenvalue weighted by Gasteiger charge is 2.17. The largest absolute Gasteiger partial charge is 0.497 e. The van der Waals surface area contributed by atoms with Gasteiger partial charge in [-0.05, 0) is 85.2 Å². The summed E-state index contributed by atoms with van der Waals surface area (Å²) in [6.07, 6.45) is 4.64. The number of hydrogen-bond acceptors (Lipinski definition) is 5. The molecule has 0 fully saturated rings. The van der Waals surface area contributed by atoms with Crippen molar-refractivity contribution in [2.45, 2.75) is 65.2 Å². The van der Waals surface area contributed by atoms with Crippen molar-refractivity contribution in [3.63, 3.8) is 0 Å². The molecule has 5 heteroatoms. The van der Waals surface area contributed by atoms with E-state index in [0.717, 1.165) is 54.9 Å². The molecule has 1 atom stereocenters. The number of ketones is 2. The normalized spacial score (nSPS) is 11.6. The Morgan fingerprint density at radius 3 is 2.24 bits per heavy atom. The molecule has 0 saturated heterocycles. The van der Waals surface area contributed by atoms with E-state index in [-0.39, 0.29) is 23.9 Å². The van der Waals surface area contributed by atoms with Gasteiger partial charge in [0.25, 0.3) is 0 Å². The Labute approximate surface area is 227 Å². The van der Waals surface area contributed by atoms with Crippen molar-refractivity contribution in [1.82, 2.24) is 0 Å². The minimum absolute atomic E-state index is 0.0301. The molecule has 3 rings (SSSR count). The zero-order valence-electron chi connectivity index (χ0n) is 23.1. The fourth-order valence-corrected chi connectivity index (χ4v) is 4.36. The third kappa shape index (κ3) is 9.05. The maximum absolute atomic E-state index is 12.2. The molecule has 3 aromatic carbocycles. The fraction of sp³-hybridized carbons (Fsp3) is 0.394. The predicted molar refractivity (Wildman–Crippen MR) is 152 cm³/mol. The number of methoxy groups -OCH3 is 1. The Bertz CT molecular complexity index is 1180. The van der Waals surface area contributed by atoms with Gasteiger partial charge in [-0.15, -0.1) is 0 Å². The molecule has 0 aliphatic heterocycles. The van der Waals surface area contributed by atoms with Crippen LogP contribution in [0.2, 0.25) is 0 Å². The summed E-state index contributed by atoms with van der Waals surface area (Å²) in [6.45, 7) is 6.67. The maximum Gasteiger partial charge on any atom is 0.147 e. The summed E-state index contributed by atoms with van der Waals surface area (Å²) in [6, 6.07) is 22.3. The first-order valence-electron chi connectivity index (χ1n) is 13.5. The molecule has 0 heterocycles. The van der Waals surface area contributed by atoms with Crippen LogP contribution < -0.4 is 14.2 Å². The van der Waals surface area contributed by atoms with Gasteiger partial charge in [-0.2, -0.15) is 0 Å². The first-order chi connectivity index (χ1) is 18.4. The number of unbranched alkanes of at least 4 members (excludes halogenated alkanes) is 1. The number of carbonyl (C=O) groups is 2. The van der Waals surface area contributed by atoms with Crippen molar-refractivity contribution in [3.8, 4) is 17.2 Å². The van der Waals surface area contributed by atoms with Gasteiger partial charge in [0.05, 0.1) is 26.7 Å². The first kappa shape index (κ1) is 29.0. The van der Waals surface area contributed by atoms with E-state index in [1.807, 2.05) is 43.3 Å². The van der Waals surface area contributed by atoms with E-state index in [0.29, 0.717) is 13.2 Å². The molecule has 1 unspecified atom stereocenters. The topological polar surface area (TPSA) is 61.8 Å².